The van der Waals surface area contributed by atoms with Gasteiger partial charge in [-0.1, -0.05) is 48.5 Å². The van der Waals surface area contributed by atoms with Crippen LogP contribution in [-0.4, -0.2) is 31.4 Å². The van der Waals surface area contributed by atoms with Crippen LogP contribution < -0.4 is 0 Å². The Morgan fingerprint density at radius 3 is 2.14 bits per heavy atom. The summed E-state index contributed by atoms with van der Waals surface area (Å²) in [5, 5.41) is 27.9. The molecule has 0 fully saturated rings. The lowest BCUT2D eigenvalue weighted by Crippen LogP contribution is -2.17. The summed E-state index contributed by atoms with van der Waals surface area (Å²) in [7, 11) is 0. The highest BCUT2D eigenvalue weighted by atomic mass is 32.2. The normalized spacial score (nSPS) is 13.0. The van der Waals surface area contributed by atoms with Crippen molar-refractivity contribution in [1.29, 1.82) is 0 Å². The van der Waals surface area contributed by atoms with Crippen molar-refractivity contribution in [3.8, 4) is 5.75 Å². The number of aromatic amines is 1. The van der Waals surface area contributed by atoms with E-state index in [9.17, 15) is 15.0 Å². The van der Waals surface area contributed by atoms with Crippen LogP contribution in [0.15, 0.2) is 22.2 Å². The Morgan fingerprint density at radius 2 is 1.69 bits per heavy atom. The molecule has 29 heavy (non-hydrogen) atoms. The number of phenolic OH excluding ortho intramolecular Hbond substituents is 1. The van der Waals surface area contributed by atoms with E-state index in [0.717, 1.165) is 47.1 Å². The van der Waals surface area contributed by atoms with E-state index in [1.807, 2.05) is 60.6 Å². The highest BCUT2D eigenvalue weighted by Crippen LogP contribution is 2.40. The standard InChI is InChI=1S/C22H31N3O3S/c1-8-9-17-23-20(25-24-17)29-16(19(27)28)12-13-10-14(21(2,3)4)18(26)15(11-13)22(5,6)7/h10-12,26H,8-9H2,1-7H3,(H,27,28)(H,23,24,25)/b16-12+. The molecule has 0 spiro atoms. The van der Waals surface area contributed by atoms with E-state index in [4.69, 9.17) is 0 Å². The van der Waals surface area contributed by atoms with E-state index in [1.54, 1.807) is 6.08 Å². The number of carbonyl (C=O) groups is 1. The molecule has 1 aromatic heterocycles. The summed E-state index contributed by atoms with van der Waals surface area (Å²) in [4.78, 5) is 16.3. The van der Waals surface area contributed by atoms with Gasteiger partial charge in [0.05, 0.1) is 0 Å². The van der Waals surface area contributed by atoms with Gasteiger partial charge in [0.15, 0.2) is 0 Å². The largest absolute Gasteiger partial charge is 0.507 e. The number of aromatic nitrogens is 3. The first kappa shape index (κ1) is 23.0. The lowest BCUT2D eigenvalue weighted by Gasteiger charge is -2.28. The van der Waals surface area contributed by atoms with Gasteiger partial charge in [-0.05, 0) is 52.8 Å². The third-order valence-corrected chi connectivity index (χ3v) is 5.33. The van der Waals surface area contributed by atoms with Gasteiger partial charge in [-0.15, -0.1) is 5.10 Å². The van der Waals surface area contributed by atoms with Gasteiger partial charge in [-0.25, -0.2) is 9.78 Å². The van der Waals surface area contributed by atoms with Crippen molar-refractivity contribution in [3.05, 3.63) is 39.6 Å². The molecule has 0 unspecified atom stereocenters. The fourth-order valence-electron chi connectivity index (χ4n) is 2.94. The van der Waals surface area contributed by atoms with Gasteiger partial charge in [-0.3, -0.25) is 5.10 Å². The Labute approximate surface area is 176 Å². The number of thioether (sulfide) groups is 1. The Morgan fingerprint density at radius 1 is 1.14 bits per heavy atom. The van der Waals surface area contributed by atoms with Crippen LogP contribution in [0.5, 0.6) is 5.75 Å². The van der Waals surface area contributed by atoms with Gasteiger partial charge < -0.3 is 10.2 Å². The molecule has 0 bridgehead atoms. The van der Waals surface area contributed by atoms with Crippen LogP contribution in [0.25, 0.3) is 6.08 Å². The van der Waals surface area contributed by atoms with Crippen molar-refractivity contribution in [2.75, 3.05) is 0 Å². The number of hydrogen-bond acceptors (Lipinski definition) is 5. The zero-order chi connectivity index (χ0) is 22.0. The van der Waals surface area contributed by atoms with Gasteiger partial charge in [0.1, 0.15) is 16.5 Å². The smallest absolute Gasteiger partial charge is 0.342 e. The summed E-state index contributed by atoms with van der Waals surface area (Å²) >= 11 is 1.01. The molecule has 7 heteroatoms. The predicted molar refractivity (Wildman–Crippen MR) is 117 cm³/mol. The van der Waals surface area contributed by atoms with Gasteiger partial charge in [0.25, 0.3) is 0 Å². The number of aryl methyl sites for hydroxylation is 1. The van der Waals surface area contributed by atoms with Gasteiger partial charge in [0, 0.05) is 17.5 Å². The number of nitrogens with zero attached hydrogens (tertiary/aromatic N) is 2. The average Bonchev–Trinajstić information content (AvgIpc) is 3.01. The number of rotatable bonds is 6. The maximum absolute atomic E-state index is 11.9. The number of aromatic hydroxyl groups is 1. The quantitative estimate of drug-likeness (QED) is 0.437. The second-order valence-electron chi connectivity index (χ2n) is 9.20. The molecule has 6 nitrogen and oxygen atoms in total. The van der Waals surface area contributed by atoms with Crippen LogP contribution in [-0.2, 0) is 22.0 Å². The second kappa shape index (κ2) is 8.61. The Kier molecular flexibility index (Phi) is 6.83. The lowest BCUT2D eigenvalue weighted by molar-refractivity contribution is -0.131. The molecular weight excluding hydrogens is 386 g/mol. The highest BCUT2D eigenvalue weighted by Gasteiger charge is 2.26. The monoisotopic (exact) mass is 417 g/mol. The zero-order valence-corrected chi connectivity index (χ0v) is 19.1. The van der Waals surface area contributed by atoms with Gasteiger partial charge >= 0.3 is 5.97 Å². The predicted octanol–water partition coefficient (Wildman–Crippen LogP) is 5.28. The molecule has 0 aliphatic heterocycles. The molecule has 3 N–H and O–H groups in total. The number of benzene rings is 1. The van der Waals surface area contributed by atoms with Crippen LogP contribution in [0.3, 0.4) is 0 Å². The van der Waals surface area contributed by atoms with Crippen LogP contribution in [0.1, 0.15) is 77.4 Å². The topological polar surface area (TPSA) is 99.1 Å². The Bertz CT molecular complexity index is 883. The van der Waals surface area contributed by atoms with E-state index in [2.05, 4.69) is 15.2 Å². The summed E-state index contributed by atoms with van der Waals surface area (Å²) in [6.07, 6.45) is 3.31. The minimum atomic E-state index is -1.04. The minimum absolute atomic E-state index is 0.123. The summed E-state index contributed by atoms with van der Waals surface area (Å²) in [6, 6.07) is 3.71. The molecule has 0 atom stereocenters. The second-order valence-corrected chi connectivity index (χ2v) is 10.2. The molecule has 0 aliphatic rings. The summed E-state index contributed by atoms with van der Waals surface area (Å²) < 4.78 is 0. The summed E-state index contributed by atoms with van der Waals surface area (Å²) in [5.74, 6) is -0.0289. The van der Waals surface area contributed by atoms with E-state index >= 15 is 0 Å². The molecule has 1 heterocycles. The van der Waals surface area contributed by atoms with Crippen molar-refractivity contribution in [2.24, 2.45) is 0 Å². The maximum atomic E-state index is 11.9. The summed E-state index contributed by atoms with van der Waals surface area (Å²) in [6.45, 7) is 14.2. The first-order valence-corrected chi connectivity index (χ1v) is 10.6. The molecule has 0 radical (unpaired) electrons. The van der Waals surface area contributed by atoms with E-state index in [0.29, 0.717) is 5.16 Å². The maximum Gasteiger partial charge on any atom is 0.342 e. The number of phenols is 1. The van der Waals surface area contributed by atoms with Crippen molar-refractivity contribution in [2.45, 2.75) is 77.3 Å². The van der Waals surface area contributed by atoms with E-state index in [1.165, 1.54) is 0 Å². The number of carboxylic acid groups (broad SMARTS) is 1. The van der Waals surface area contributed by atoms with E-state index < -0.39 is 5.97 Å². The molecule has 2 rings (SSSR count). The first-order valence-electron chi connectivity index (χ1n) is 9.75. The Balaban J connectivity index is 2.53. The molecule has 1 aromatic carbocycles. The Hall–Kier alpha value is -2.28. The van der Waals surface area contributed by atoms with Crippen molar-refractivity contribution >= 4 is 23.8 Å². The SMILES string of the molecule is CCCc1nc(S/C(=C/c2cc(C(C)(C)C)c(O)c(C(C)(C)C)c2)C(=O)O)n[nH]1. The number of hydrogen-bond donors (Lipinski definition) is 3. The molecule has 0 amide bonds. The van der Waals surface area contributed by atoms with Crippen LogP contribution in [0.4, 0.5) is 0 Å². The number of H-pyrrole nitrogens is 1. The minimum Gasteiger partial charge on any atom is -0.507 e. The fraction of sp³-hybridized carbons (Fsp3) is 0.500. The van der Waals surface area contributed by atoms with Crippen molar-refractivity contribution in [1.82, 2.24) is 15.2 Å². The first-order chi connectivity index (χ1) is 13.3. The van der Waals surface area contributed by atoms with Gasteiger partial charge in [-0.2, -0.15) is 0 Å². The number of aliphatic carboxylic acids is 1. The molecule has 158 valence electrons. The number of nitrogens with one attached hydrogen (secondary N) is 1. The third kappa shape index (κ3) is 5.85. The molecule has 2 aromatic rings. The molecular formula is C22H31N3O3S. The fourth-order valence-corrected chi connectivity index (χ4v) is 3.67. The third-order valence-electron chi connectivity index (χ3n) is 4.46. The highest BCUT2D eigenvalue weighted by molar-refractivity contribution is 8.04. The van der Waals surface area contributed by atoms with Gasteiger partial charge in [0.2, 0.25) is 5.16 Å². The molecule has 0 aliphatic carbocycles. The lowest BCUT2D eigenvalue weighted by atomic mass is 9.78. The average molecular weight is 418 g/mol. The van der Waals surface area contributed by atoms with Crippen molar-refractivity contribution in [3.63, 3.8) is 0 Å². The number of carboxylic acids is 1. The van der Waals surface area contributed by atoms with Crippen LogP contribution >= 0.6 is 11.8 Å². The summed E-state index contributed by atoms with van der Waals surface area (Å²) in [5.41, 5.74) is 1.72. The van der Waals surface area contributed by atoms with Crippen LogP contribution in [0, 0.1) is 0 Å². The van der Waals surface area contributed by atoms with Crippen molar-refractivity contribution < 1.29 is 15.0 Å². The van der Waals surface area contributed by atoms with E-state index in [-0.39, 0.29) is 21.5 Å². The molecule has 0 saturated carbocycles. The molecule has 0 saturated heterocycles. The van der Waals surface area contributed by atoms with Crippen LogP contribution in [0.2, 0.25) is 0 Å². The zero-order valence-electron chi connectivity index (χ0n) is 18.3.